The van der Waals surface area contributed by atoms with Gasteiger partial charge in [0, 0.05) is 28.5 Å². The highest BCUT2D eigenvalue weighted by Crippen LogP contribution is 2.24. The highest BCUT2D eigenvalue weighted by atomic mass is 32.1. The molecule has 0 spiro atoms. The van der Waals surface area contributed by atoms with Crippen molar-refractivity contribution in [2.24, 2.45) is 0 Å². The van der Waals surface area contributed by atoms with Crippen molar-refractivity contribution in [2.75, 3.05) is 5.32 Å². The van der Waals surface area contributed by atoms with Crippen molar-refractivity contribution in [2.45, 2.75) is 6.92 Å². The zero-order chi connectivity index (χ0) is 13.9. The fraction of sp³-hybridized carbons (Fsp3) is 0.0714. The lowest BCUT2D eigenvalue weighted by molar-refractivity contribution is 0.102. The second-order valence-corrected chi connectivity index (χ2v) is 5.18. The van der Waals surface area contributed by atoms with Crippen molar-refractivity contribution in [1.82, 2.24) is 15.2 Å². The predicted molar refractivity (Wildman–Crippen MR) is 78.8 cm³/mol. The van der Waals surface area contributed by atoms with Gasteiger partial charge in [0.2, 0.25) is 0 Å². The van der Waals surface area contributed by atoms with Crippen LogP contribution in [0.5, 0.6) is 0 Å². The van der Waals surface area contributed by atoms with E-state index < -0.39 is 0 Å². The van der Waals surface area contributed by atoms with Crippen LogP contribution in [0.4, 0.5) is 5.69 Å². The van der Waals surface area contributed by atoms with E-state index >= 15 is 0 Å². The van der Waals surface area contributed by atoms with E-state index in [4.69, 9.17) is 0 Å². The molecule has 0 bridgehead atoms. The van der Waals surface area contributed by atoms with Gasteiger partial charge in [0.1, 0.15) is 5.01 Å². The summed E-state index contributed by atoms with van der Waals surface area (Å²) in [6, 6.07) is 7.63. The predicted octanol–water partition coefficient (Wildman–Crippen LogP) is 3.09. The van der Waals surface area contributed by atoms with Crippen LogP contribution in [0, 0.1) is 6.92 Å². The molecular formula is C14H12N4OS. The van der Waals surface area contributed by atoms with E-state index in [1.54, 1.807) is 17.5 Å². The highest BCUT2D eigenvalue weighted by molar-refractivity contribution is 7.13. The maximum absolute atomic E-state index is 12.1. The number of amides is 1. The number of nitrogens with one attached hydrogen (secondary N) is 2. The third-order valence-corrected chi connectivity index (χ3v) is 3.70. The van der Waals surface area contributed by atoms with Crippen LogP contribution in [-0.4, -0.2) is 21.1 Å². The van der Waals surface area contributed by atoms with E-state index in [1.807, 2.05) is 36.6 Å². The largest absolute Gasteiger partial charge is 0.322 e. The van der Waals surface area contributed by atoms with Crippen molar-refractivity contribution in [3.05, 3.63) is 53.3 Å². The summed E-state index contributed by atoms with van der Waals surface area (Å²) in [4.78, 5) is 16.4. The van der Waals surface area contributed by atoms with Crippen molar-refractivity contribution in [3.63, 3.8) is 0 Å². The first-order chi connectivity index (χ1) is 9.74. The van der Waals surface area contributed by atoms with Crippen molar-refractivity contribution < 1.29 is 4.79 Å². The van der Waals surface area contributed by atoms with E-state index in [1.165, 1.54) is 6.20 Å². The first-order valence-electron chi connectivity index (χ1n) is 6.05. The van der Waals surface area contributed by atoms with Crippen LogP contribution < -0.4 is 5.32 Å². The summed E-state index contributed by atoms with van der Waals surface area (Å²) >= 11 is 1.56. The number of H-pyrrole nitrogens is 1. The minimum Gasteiger partial charge on any atom is -0.322 e. The van der Waals surface area contributed by atoms with E-state index in [0.29, 0.717) is 5.56 Å². The molecule has 20 heavy (non-hydrogen) atoms. The van der Waals surface area contributed by atoms with Gasteiger partial charge >= 0.3 is 0 Å². The molecule has 0 saturated heterocycles. The van der Waals surface area contributed by atoms with Gasteiger partial charge in [0.05, 0.1) is 11.8 Å². The zero-order valence-electron chi connectivity index (χ0n) is 10.8. The number of hydrogen-bond donors (Lipinski definition) is 2. The van der Waals surface area contributed by atoms with Gasteiger partial charge in [0.25, 0.3) is 5.91 Å². The number of aromatic amines is 1. The summed E-state index contributed by atoms with van der Waals surface area (Å²) in [6.07, 6.45) is 3.29. The Labute approximate surface area is 119 Å². The molecule has 5 nitrogen and oxygen atoms in total. The Morgan fingerprint density at radius 3 is 3.00 bits per heavy atom. The van der Waals surface area contributed by atoms with Gasteiger partial charge < -0.3 is 5.32 Å². The van der Waals surface area contributed by atoms with Gasteiger partial charge in [0.15, 0.2) is 0 Å². The third kappa shape index (κ3) is 2.46. The molecule has 0 fully saturated rings. The smallest absolute Gasteiger partial charge is 0.259 e. The molecule has 0 saturated carbocycles. The number of hydrogen-bond acceptors (Lipinski definition) is 4. The van der Waals surface area contributed by atoms with Crippen LogP contribution in [-0.2, 0) is 0 Å². The minimum absolute atomic E-state index is 0.174. The Bertz CT molecular complexity index is 733. The molecule has 3 rings (SSSR count). The SMILES string of the molecule is Cc1[nH]ncc1C(=O)Nc1cccc(-c2nccs2)c1. The molecule has 1 aromatic carbocycles. The molecular weight excluding hydrogens is 272 g/mol. The van der Waals surface area contributed by atoms with Crippen LogP contribution in [0.2, 0.25) is 0 Å². The van der Waals surface area contributed by atoms with E-state index in [9.17, 15) is 4.79 Å². The summed E-state index contributed by atoms with van der Waals surface area (Å²) in [5.74, 6) is -0.174. The number of anilines is 1. The van der Waals surface area contributed by atoms with Crippen molar-refractivity contribution in [3.8, 4) is 10.6 Å². The summed E-state index contributed by atoms with van der Waals surface area (Å²) in [7, 11) is 0. The normalized spacial score (nSPS) is 10.4. The van der Waals surface area contributed by atoms with Gasteiger partial charge in [-0.2, -0.15) is 5.10 Å². The van der Waals surface area contributed by atoms with E-state index in [0.717, 1.165) is 22.0 Å². The molecule has 0 atom stereocenters. The molecule has 0 unspecified atom stereocenters. The Kier molecular flexibility index (Phi) is 3.30. The number of carbonyl (C=O) groups excluding carboxylic acids is 1. The second kappa shape index (κ2) is 5.26. The van der Waals surface area contributed by atoms with Crippen LogP contribution in [0.1, 0.15) is 16.1 Å². The number of benzene rings is 1. The van der Waals surface area contributed by atoms with Gasteiger partial charge in [-0.1, -0.05) is 12.1 Å². The lowest BCUT2D eigenvalue weighted by atomic mass is 10.2. The Hall–Kier alpha value is -2.47. The van der Waals surface area contributed by atoms with Gasteiger partial charge in [-0.3, -0.25) is 9.89 Å². The molecule has 2 aromatic heterocycles. The van der Waals surface area contributed by atoms with Crippen molar-refractivity contribution >= 4 is 22.9 Å². The molecule has 0 aliphatic carbocycles. The molecule has 100 valence electrons. The van der Waals surface area contributed by atoms with E-state index in [2.05, 4.69) is 20.5 Å². The molecule has 1 amide bonds. The first kappa shape index (κ1) is 12.6. The van der Waals surface area contributed by atoms with Crippen LogP contribution in [0.15, 0.2) is 42.0 Å². The maximum Gasteiger partial charge on any atom is 0.259 e. The lowest BCUT2D eigenvalue weighted by Gasteiger charge is -2.05. The zero-order valence-corrected chi connectivity index (χ0v) is 11.6. The molecule has 2 heterocycles. The number of thiazole rings is 1. The Morgan fingerprint density at radius 2 is 2.30 bits per heavy atom. The fourth-order valence-corrected chi connectivity index (χ4v) is 2.51. The Balaban J connectivity index is 1.83. The van der Waals surface area contributed by atoms with Crippen LogP contribution in [0.3, 0.4) is 0 Å². The van der Waals surface area contributed by atoms with Crippen LogP contribution >= 0.6 is 11.3 Å². The lowest BCUT2D eigenvalue weighted by Crippen LogP contribution is -2.12. The Morgan fingerprint density at radius 1 is 1.40 bits per heavy atom. The molecule has 2 N–H and O–H groups in total. The average Bonchev–Trinajstić information content (AvgIpc) is 3.09. The fourth-order valence-electron chi connectivity index (χ4n) is 1.87. The summed E-state index contributed by atoms with van der Waals surface area (Å²) < 4.78 is 0. The molecule has 0 aliphatic heterocycles. The average molecular weight is 284 g/mol. The maximum atomic E-state index is 12.1. The topological polar surface area (TPSA) is 70.7 Å². The summed E-state index contributed by atoms with van der Waals surface area (Å²) in [5, 5.41) is 12.3. The van der Waals surface area contributed by atoms with Crippen molar-refractivity contribution in [1.29, 1.82) is 0 Å². The van der Waals surface area contributed by atoms with Gasteiger partial charge in [-0.25, -0.2) is 4.98 Å². The third-order valence-electron chi connectivity index (χ3n) is 2.87. The van der Waals surface area contributed by atoms with Crippen LogP contribution in [0.25, 0.3) is 10.6 Å². The van der Waals surface area contributed by atoms with Gasteiger partial charge in [-0.05, 0) is 19.1 Å². The van der Waals surface area contributed by atoms with E-state index in [-0.39, 0.29) is 5.91 Å². The highest BCUT2D eigenvalue weighted by Gasteiger charge is 2.11. The second-order valence-electron chi connectivity index (χ2n) is 4.28. The number of aromatic nitrogens is 3. The number of aryl methyl sites for hydroxylation is 1. The quantitative estimate of drug-likeness (QED) is 0.776. The number of carbonyl (C=O) groups is 1. The number of nitrogens with zero attached hydrogens (tertiary/aromatic N) is 2. The first-order valence-corrected chi connectivity index (χ1v) is 6.93. The molecule has 3 aromatic rings. The monoisotopic (exact) mass is 284 g/mol. The summed E-state index contributed by atoms with van der Waals surface area (Å²) in [6.45, 7) is 1.81. The van der Waals surface area contributed by atoms with Gasteiger partial charge in [-0.15, -0.1) is 11.3 Å². The molecule has 0 radical (unpaired) electrons. The standard InChI is InChI=1S/C14H12N4OS/c1-9-12(8-16-18-9)13(19)17-11-4-2-3-10(7-11)14-15-5-6-20-14/h2-8H,1H3,(H,16,18)(H,17,19). The number of rotatable bonds is 3. The molecule has 6 heteroatoms. The summed E-state index contributed by atoms with van der Waals surface area (Å²) in [5.41, 5.74) is 3.02. The molecule has 0 aliphatic rings. The minimum atomic E-state index is -0.174.